The third-order valence-electron chi connectivity index (χ3n) is 11.5. The Bertz CT molecular complexity index is 2390. The van der Waals surface area contributed by atoms with Crippen LogP contribution in [0, 0.1) is 33.8 Å². The van der Waals surface area contributed by atoms with Gasteiger partial charge in [0.05, 0.1) is 63.2 Å². The number of amides is 4. The summed E-state index contributed by atoms with van der Waals surface area (Å²) in [6.07, 6.45) is 2.04. The molecule has 0 aromatic heterocycles. The van der Waals surface area contributed by atoms with Gasteiger partial charge in [-0.15, -0.1) is 0 Å². The van der Waals surface area contributed by atoms with E-state index in [0.29, 0.717) is 27.5 Å². The summed E-state index contributed by atoms with van der Waals surface area (Å²) in [5.74, 6) is -6.18. The van der Waals surface area contributed by atoms with Crippen molar-refractivity contribution in [3.63, 3.8) is 0 Å². The molecular weight excluding hydrogens is 831 g/mol. The van der Waals surface area contributed by atoms with E-state index in [2.05, 4.69) is 21.4 Å². The van der Waals surface area contributed by atoms with E-state index < -0.39 is 63.6 Å². The number of phenolic OH excluding ortho intramolecular Hbond substituents is 1. The van der Waals surface area contributed by atoms with E-state index >= 15 is 4.79 Å². The van der Waals surface area contributed by atoms with Gasteiger partial charge in [0.2, 0.25) is 11.8 Å². The highest BCUT2D eigenvalue weighted by Gasteiger charge is 2.70. The van der Waals surface area contributed by atoms with E-state index in [9.17, 15) is 29.6 Å². The lowest BCUT2D eigenvalue weighted by Gasteiger charge is -2.50. The van der Waals surface area contributed by atoms with Gasteiger partial charge in [-0.25, -0.2) is 0 Å². The molecule has 4 amide bonds. The number of nitrogens with zero attached hydrogens (tertiary/aromatic N) is 3. The number of hydrogen-bond donors (Lipinski definition) is 2. The first-order valence-electron chi connectivity index (χ1n) is 17.4. The summed E-state index contributed by atoms with van der Waals surface area (Å²) >= 11 is 16.2. The zero-order chi connectivity index (χ0) is 39.8. The third-order valence-corrected chi connectivity index (χ3v) is 12.7. The van der Waals surface area contributed by atoms with E-state index in [4.69, 9.17) is 32.7 Å². The molecule has 4 aliphatic rings. The molecule has 4 aromatic rings. The molecule has 286 valence electrons. The molecule has 2 N–H and O–H groups in total. The number of fused-ring (bicyclic) bond motifs is 4. The van der Waals surface area contributed by atoms with Crippen molar-refractivity contribution in [2.45, 2.75) is 24.2 Å². The van der Waals surface area contributed by atoms with Gasteiger partial charge in [0, 0.05) is 23.1 Å². The number of nitrogens with one attached hydrogen (secondary N) is 1. The van der Waals surface area contributed by atoms with Crippen LogP contribution in [0.5, 0.6) is 17.2 Å². The fourth-order valence-electron chi connectivity index (χ4n) is 9.11. The Kier molecular flexibility index (Phi) is 9.33. The second-order valence-electron chi connectivity index (χ2n) is 14.1. The number of hydrogen-bond acceptors (Lipinski definition) is 10. The number of phenols is 1. The number of imide groups is 2. The first kappa shape index (κ1) is 37.5. The predicted molar refractivity (Wildman–Crippen MR) is 209 cm³/mol. The predicted octanol–water partition coefficient (Wildman–Crippen LogP) is 7.58. The maximum atomic E-state index is 15.5. The van der Waals surface area contributed by atoms with Crippen molar-refractivity contribution in [1.29, 1.82) is 0 Å². The Labute approximate surface area is 338 Å². The van der Waals surface area contributed by atoms with E-state index in [1.807, 2.05) is 6.08 Å². The number of halogens is 3. The van der Waals surface area contributed by atoms with E-state index in [1.165, 1.54) is 44.6 Å². The first-order chi connectivity index (χ1) is 26.8. The second-order valence-corrected chi connectivity index (χ2v) is 15.7. The quantitative estimate of drug-likeness (QED) is 0.0780. The molecule has 6 atom stereocenters. The molecule has 4 aromatic carbocycles. The summed E-state index contributed by atoms with van der Waals surface area (Å²) in [4.78, 5) is 71.0. The number of allylic oxidation sites excluding steroid dienone is 2. The number of ether oxygens (including phenoxy) is 2. The van der Waals surface area contributed by atoms with Gasteiger partial charge in [0.1, 0.15) is 5.75 Å². The topological polar surface area (TPSA) is 169 Å². The Morgan fingerprint density at radius 2 is 1.62 bits per heavy atom. The number of anilines is 2. The maximum absolute atomic E-state index is 15.5. The van der Waals surface area contributed by atoms with Crippen molar-refractivity contribution >= 4 is 79.8 Å². The van der Waals surface area contributed by atoms with Crippen molar-refractivity contribution in [2.75, 3.05) is 24.5 Å². The van der Waals surface area contributed by atoms with Crippen molar-refractivity contribution in [3.05, 3.63) is 126 Å². The molecule has 8 rings (SSSR count). The van der Waals surface area contributed by atoms with Crippen molar-refractivity contribution in [3.8, 4) is 17.2 Å². The molecule has 0 bridgehead atoms. The minimum atomic E-state index is -1.64. The molecule has 2 aliphatic carbocycles. The van der Waals surface area contributed by atoms with Crippen LogP contribution in [-0.4, -0.2) is 52.9 Å². The van der Waals surface area contributed by atoms with Gasteiger partial charge in [0.15, 0.2) is 11.5 Å². The van der Waals surface area contributed by atoms with Gasteiger partial charge in [-0.1, -0.05) is 47.0 Å². The molecular formula is C40H31BrCl2N4O9. The molecule has 0 radical (unpaired) electrons. The summed E-state index contributed by atoms with van der Waals surface area (Å²) < 4.78 is 11.3. The van der Waals surface area contributed by atoms with Crippen molar-refractivity contribution in [1.82, 2.24) is 5.01 Å². The monoisotopic (exact) mass is 860 g/mol. The summed E-state index contributed by atoms with van der Waals surface area (Å²) in [6.45, 7) is 0. The van der Waals surface area contributed by atoms with Crippen LogP contribution in [0.1, 0.15) is 29.9 Å². The number of benzene rings is 4. The summed E-state index contributed by atoms with van der Waals surface area (Å²) in [5.41, 5.74) is 3.21. The van der Waals surface area contributed by atoms with Crippen molar-refractivity contribution in [2.24, 2.45) is 23.7 Å². The number of non-ortho nitro benzene ring substituents is 1. The zero-order valence-corrected chi connectivity index (χ0v) is 32.7. The molecule has 2 heterocycles. The van der Waals surface area contributed by atoms with E-state index in [0.717, 1.165) is 9.91 Å². The van der Waals surface area contributed by atoms with Gasteiger partial charge in [-0.3, -0.25) is 39.6 Å². The smallest absolute Gasteiger partial charge is 0.269 e. The molecule has 0 unspecified atom stereocenters. The fourth-order valence-corrected chi connectivity index (χ4v) is 10.0. The van der Waals surface area contributed by atoms with Crippen LogP contribution in [0.15, 0.2) is 95.0 Å². The van der Waals surface area contributed by atoms with Crippen LogP contribution < -0.4 is 19.8 Å². The first-order valence-corrected chi connectivity index (χ1v) is 19.0. The minimum absolute atomic E-state index is 0.0101. The number of carbonyl (C=O) groups excluding carboxylic acids is 4. The number of methoxy groups -OCH3 is 2. The molecule has 2 saturated heterocycles. The summed E-state index contributed by atoms with van der Waals surface area (Å²) in [7, 11) is 2.90. The fraction of sp³-hybridized carbons (Fsp3) is 0.250. The molecule has 1 saturated carbocycles. The average Bonchev–Trinajstić information content (AvgIpc) is 3.57. The second kappa shape index (κ2) is 13.9. The summed E-state index contributed by atoms with van der Waals surface area (Å²) in [5, 5.41) is 23.7. The summed E-state index contributed by atoms with van der Waals surface area (Å²) in [6, 6.07) is 19.9. The van der Waals surface area contributed by atoms with Crippen LogP contribution in [0.2, 0.25) is 10.0 Å². The minimum Gasteiger partial charge on any atom is -0.503 e. The molecule has 13 nitrogen and oxygen atoms in total. The van der Waals surface area contributed by atoms with Crippen molar-refractivity contribution < 1.29 is 38.7 Å². The SMILES string of the molecule is COc1ccc([C@@]23C(=O)N(Nc4ccc(Cl)cc4Cl)C(=O)[C@@H]2C[C@@H]2C(=CC[C@@H]4C(=O)N(c5ccc([N+](=O)[O-])cc5)C(=O)[C@@H]42)[C@@H]3c2cc(Br)c(O)c(OC)c2)cc1. The van der Waals surface area contributed by atoms with Crippen LogP contribution in [0.3, 0.4) is 0 Å². The van der Waals surface area contributed by atoms with Gasteiger partial charge >= 0.3 is 0 Å². The van der Waals surface area contributed by atoms with Crippen LogP contribution in [0.4, 0.5) is 17.1 Å². The number of nitro benzene ring substituents is 1. The van der Waals surface area contributed by atoms with Gasteiger partial charge in [-0.05, 0) is 100 Å². The average molecular weight is 863 g/mol. The maximum Gasteiger partial charge on any atom is 0.269 e. The molecule has 0 spiro atoms. The van der Waals surface area contributed by atoms with E-state index in [-0.39, 0.29) is 50.9 Å². The molecule has 56 heavy (non-hydrogen) atoms. The zero-order valence-electron chi connectivity index (χ0n) is 29.6. The highest BCUT2D eigenvalue weighted by atomic mass is 79.9. The largest absolute Gasteiger partial charge is 0.503 e. The number of nitro groups is 1. The number of aromatic hydroxyl groups is 1. The molecule has 3 fully saturated rings. The molecule has 2 aliphatic heterocycles. The Balaban J connectivity index is 1.33. The number of carbonyl (C=O) groups is 4. The van der Waals surface area contributed by atoms with Gasteiger partial charge in [-0.2, -0.15) is 5.01 Å². The highest BCUT2D eigenvalue weighted by Crippen LogP contribution is 2.65. The van der Waals surface area contributed by atoms with Gasteiger partial charge in [0.25, 0.3) is 17.5 Å². The normalized spacial score (nSPS) is 25.4. The lowest BCUT2D eigenvalue weighted by molar-refractivity contribution is -0.384. The Morgan fingerprint density at radius 3 is 2.27 bits per heavy atom. The third kappa shape index (κ3) is 5.56. The van der Waals surface area contributed by atoms with Crippen LogP contribution in [0.25, 0.3) is 0 Å². The lowest BCUT2D eigenvalue weighted by Crippen LogP contribution is -2.53. The number of hydrazine groups is 1. The highest BCUT2D eigenvalue weighted by molar-refractivity contribution is 9.10. The Hall–Kier alpha value is -5.44. The van der Waals surface area contributed by atoms with E-state index in [1.54, 1.807) is 48.5 Å². The Morgan fingerprint density at radius 1 is 0.911 bits per heavy atom. The number of rotatable bonds is 8. The van der Waals surface area contributed by atoms with Gasteiger partial charge < -0.3 is 14.6 Å². The standard InChI is InChI=1S/C40H31BrCl2N4O9/c1-55-24-10-3-20(4-11-24)40-28(37(50)46(39(40)52)44-31-14-5-21(42)17-30(31)43)18-27-25(34(40)19-15-29(41)35(48)32(16-19)56-2)12-13-26-33(27)38(51)45(36(26)49)22-6-8-23(9-7-22)47(53)54/h3-12,14-17,26-28,33-34,44,48H,13,18H2,1-2H3/t26-,27+,28-,33-,34-,40+/m0/s1. The molecule has 16 heteroatoms. The van der Waals surface area contributed by atoms with Crippen LogP contribution >= 0.6 is 39.1 Å². The lowest BCUT2D eigenvalue weighted by atomic mass is 9.49. The van der Waals surface area contributed by atoms with Crippen LogP contribution in [-0.2, 0) is 24.6 Å².